The summed E-state index contributed by atoms with van der Waals surface area (Å²) in [6.45, 7) is 13.7. The summed E-state index contributed by atoms with van der Waals surface area (Å²) in [4.78, 5) is 8.68. The Morgan fingerprint density at radius 2 is 1.86 bits per heavy atom. The number of hydrogen-bond donors (Lipinski definition) is 0. The summed E-state index contributed by atoms with van der Waals surface area (Å²) in [5.74, 6) is 0.823. The molecule has 4 heteroatoms. The first-order chi connectivity index (χ1) is 16.8. The summed E-state index contributed by atoms with van der Waals surface area (Å²) in [6, 6.07) is 15.0. The van der Waals surface area contributed by atoms with E-state index in [0.717, 1.165) is 35.4 Å². The van der Waals surface area contributed by atoms with Crippen molar-refractivity contribution in [1.29, 1.82) is 0 Å². The fraction of sp³-hybridized carbons (Fsp3) is 0.281. The van der Waals surface area contributed by atoms with Crippen molar-refractivity contribution < 1.29 is 9.13 Å². The van der Waals surface area contributed by atoms with Gasteiger partial charge in [0.15, 0.2) is 0 Å². The molecule has 0 fully saturated rings. The van der Waals surface area contributed by atoms with E-state index in [1.165, 1.54) is 17.2 Å². The molecule has 1 unspecified atom stereocenters. The van der Waals surface area contributed by atoms with Crippen LogP contribution in [0.4, 0.5) is 4.39 Å². The van der Waals surface area contributed by atoms with Gasteiger partial charge in [-0.2, -0.15) is 0 Å². The monoisotopic (exact) mass is 486 g/mol. The second kappa shape index (κ2) is 15.3. The SMILES string of the molecule is C.C=C(C)c1ccc(C)cc1.C=C=C(CC(C)C/C=C1/N=C(c2ccccc2F)C=C1C=NC)OC. The summed E-state index contributed by atoms with van der Waals surface area (Å²) in [5, 5.41) is 0. The smallest absolute Gasteiger partial charge is 0.137 e. The van der Waals surface area contributed by atoms with Crippen LogP contribution in [0, 0.1) is 18.7 Å². The number of methoxy groups -OCH3 is 1. The van der Waals surface area contributed by atoms with Crippen LogP contribution in [0.1, 0.15) is 50.8 Å². The van der Waals surface area contributed by atoms with Crippen molar-refractivity contribution in [2.75, 3.05) is 14.2 Å². The van der Waals surface area contributed by atoms with Gasteiger partial charge in [-0.25, -0.2) is 9.38 Å². The number of hydrogen-bond acceptors (Lipinski definition) is 3. The number of benzene rings is 2. The number of halogens is 1. The van der Waals surface area contributed by atoms with Crippen LogP contribution in [0.2, 0.25) is 0 Å². The van der Waals surface area contributed by atoms with E-state index in [-0.39, 0.29) is 13.2 Å². The predicted molar refractivity (Wildman–Crippen MR) is 154 cm³/mol. The molecular formula is C32H39FN2O. The molecule has 1 heterocycles. The van der Waals surface area contributed by atoms with Gasteiger partial charge in [0.2, 0.25) is 0 Å². The molecule has 0 bridgehead atoms. The Hall–Kier alpha value is -3.75. The highest BCUT2D eigenvalue weighted by molar-refractivity contribution is 6.15. The number of rotatable bonds is 8. The third-order valence-corrected chi connectivity index (χ3v) is 5.48. The molecule has 1 atom stereocenters. The van der Waals surface area contributed by atoms with E-state index in [1.54, 1.807) is 38.6 Å². The van der Waals surface area contributed by atoms with Crippen molar-refractivity contribution in [2.45, 2.75) is 41.0 Å². The maximum absolute atomic E-state index is 14.0. The number of aliphatic imine (C=N–C) groups is 2. The van der Waals surface area contributed by atoms with E-state index in [4.69, 9.17) is 4.74 Å². The topological polar surface area (TPSA) is 34.0 Å². The Labute approximate surface area is 216 Å². The Bertz CT molecular complexity index is 1190. The predicted octanol–water partition coefficient (Wildman–Crippen LogP) is 8.54. The van der Waals surface area contributed by atoms with Crippen LogP contribution in [-0.4, -0.2) is 26.1 Å². The first-order valence-electron chi connectivity index (χ1n) is 11.6. The zero-order valence-electron chi connectivity index (χ0n) is 21.4. The molecule has 36 heavy (non-hydrogen) atoms. The molecule has 190 valence electrons. The minimum atomic E-state index is -0.277. The largest absolute Gasteiger partial charge is 0.493 e. The Morgan fingerprint density at radius 3 is 2.42 bits per heavy atom. The van der Waals surface area contributed by atoms with Crippen LogP contribution >= 0.6 is 0 Å². The van der Waals surface area contributed by atoms with Gasteiger partial charge in [-0.05, 0) is 50.0 Å². The zero-order chi connectivity index (χ0) is 25.8. The Morgan fingerprint density at radius 1 is 1.19 bits per heavy atom. The summed E-state index contributed by atoms with van der Waals surface area (Å²) in [7, 11) is 3.33. The Kier molecular flexibility index (Phi) is 12.9. The van der Waals surface area contributed by atoms with Crippen LogP contribution in [-0.2, 0) is 4.74 Å². The molecule has 0 spiro atoms. The molecule has 0 aliphatic carbocycles. The molecule has 0 saturated carbocycles. The summed E-state index contributed by atoms with van der Waals surface area (Å²) in [6.07, 6.45) is 7.24. The van der Waals surface area contributed by atoms with Gasteiger partial charge in [-0.15, -0.1) is 0 Å². The maximum atomic E-state index is 14.0. The molecule has 0 aromatic heterocycles. The quantitative estimate of drug-likeness (QED) is 0.209. The first-order valence-corrected chi connectivity index (χ1v) is 11.6. The van der Waals surface area contributed by atoms with Gasteiger partial charge in [0.05, 0.1) is 18.5 Å². The molecule has 2 aromatic carbocycles. The zero-order valence-corrected chi connectivity index (χ0v) is 21.4. The van der Waals surface area contributed by atoms with E-state index in [0.29, 0.717) is 17.2 Å². The first kappa shape index (κ1) is 30.3. The molecule has 0 radical (unpaired) electrons. The molecule has 3 rings (SSSR count). The van der Waals surface area contributed by atoms with Crippen LogP contribution in [0.3, 0.4) is 0 Å². The second-order valence-corrected chi connectivity index (χ2v) is 8.55. The fourth-order valence-corrected chi connectivity index (χ4v) is 3.44. The van der Waals surface area contributed by atoms with Crippen molar-refractivity contribution in [1.82, 2.24) is 0 Å². The highest BCUT2D eigenvalue weighted by Crippen LogP contribution is 2.25. The third-order valence-electron chi connectivity index (χ3n) is 5.48. The fourth-order valence-electron chi connectivity index (χ4n) is 3.44. The third kappa shape index (κ3) is 9.13. The van der Waals surface area contributed by atoms with Crippen LogP contribution < -0.4 is 0 Å². The summed E-state index contributed by atoms with van der Waals surface area (Å²) in [5.41, 5.74) is 9.27. The van der Waals surface area contributed by atoms with Gasteiger partial charge in [-0.1, -0.05) is 86.9 Å². The Balaban J connectivity index is 0.000000495. The lowest BCUT2D eigenvalue weighted by Crippen LogP contribution is -1.98. The van der Waals surface area contributed by atoms with Crippen molar-refractivity contribution >= 4 is 17.5 Å². The minimum Gasteiger partial charge on any atom is -0.493 e. The van der Waals surface area contributed by atoms with Crippen molar-refractivity contribution in [2.24, 2.45) is 15.9 Å². The average molecular weight is 487 g/mol. The number of allylic oxidation sites excluding steroid dienone is 5. The maximum Gasteiger partial charge on any atom is 0.137 e. The molecule has 3 nitrogen and oxygen atoms in total. The molecule has 0 amide bonds. The molecule has 2 aromatic rings. The lowest BCUT2D eigenvalue weighted by atomic mass is 10.0. The van der Waals surface area contributed by atoms with Gasteiger partial charge in [0.25, 0.3) is 0 Å². The molecule has 1 aliphatic heterocycles. The highest BCUT2D eigenvalue weighted by atomic mass is 19.1. The molecule has 0 saturated heterocycles. The van der Waals surface area contributed by atoms with Crippen molar-refractivity contribution in [3.8, 4) is 0 Å². The van der Waals surface area contributed by atoms with E-state index < -0.39 is 0 Å². The van der Waals surface area contributed by atoms with Gasteiger partial charge < -0.3 is 4.74 Å². The van der Waals surface area contributed by atoms with Crippen LogP contribution in [0.25, 0.3) is 5.57 Å². The van der Waals surface area contributed by atoms with E-state index in [2.05, 4.69) is 73.1 Å². The van der Waals surface area contributed by atoms with Crippen molar-refractivity contribution in [3.63, 3.8) is 0 Å². The molecular weight excluding hydrogens is 447 g/mol. The van der Waals surface area contributed by atoms with E-state index in [9.17, 15) is 4.39 Å². The summed E-state index contributed by atoms with van der Waals surface area (Å²) >= 11 is 0. The summed E-state index contributed by atoms with van der Waals surface area (Å²) < 4.78 is 19.2. The van der Waals surface area contributed by atoms with Gasteiger partial charge in [-0.3, -0.25) is 4.99 Å². The van der Waals surface area contributed by atoms with E-state index in [1.807, 2.05) is 13.0 Å². The highest BCUT2D eigenvalue weighted by Gasteiger charge is 2.17. The molecule has 0 N–H and O–H groups in total. The van der Waals surface area contributed by atoms with Gasteiger partial charge >= 0.3 is 0 Å². The minimum absolute atomic E-state index is 0. The second-order valence-electron chi connectivity index (χ2n) is 8.55. The number of aryl methyl sites for hydroxylation is 1. The lowest BCUT2D eigenvalue weighted by Gasteiger charge is -2.10. The average Bonchev–Trinajstić information content (AvgIpc) is 3.25. The van der Waals surface area contributed by atoms with Gasteiger partial charge in [0.1, 0.15) is 11.6 Å². The number of nitrogens with zero attached hydrogens (tertiary/aromatic N) is 2. The van der Waals surface area contributed by atoms with Crippen LogP contribution in [0.15, 0.2) is 107 Å². The normalized spacial score (nSPS) is 14.1. The standard InChI is InChI=1S/C21H23FN2O.C10H12.CH4/c1-5-17(25-4)12-15(2)10-11-20-16(14-23-3)13-21(24-20)18-8-6-7-9-19(18)22;1-8(2)10-6-4-9(3)5-7-10;/h6-9,11,13-15H,1,10,12H2,2-4H3;4-7H,1H2,2-3H3;1H4/b20-11+,23-14?;;. The number of ether oxygens (including phenoxy) is 1. The van der Waals surface area contributed by atoms with Gasteiger partial charge in [0, 0.05) is 30.8 Å². The van der Waals surface area contributed by atoms with Crippen LogP contribution in [0.5, 0.6) is 0 Å². The lowest BCUT2D eigenvalue weighted by molar-refractivity contribution is 0.264. The van der Waals surface area contributed by atoms with E-state index >= 15 is 0 Å². The molecule has 1 aliphatic rings. The van der Waals surface area contributed by atoms with Crippen molar-refractivity contribution in [3.05, 3.63) is 119 Å².